The van der Waals surface area contributed by atoms with Gasteiger partial charge in [-0.25, -0.2) is 15.0 Å². The molecule has 2 aromatic heterocycles. The zero-order valence-corrected chi connectivity index (χ0v) is 11.2. The lowest BCUT2D eigenvalue weighted by atomic mass is 9.97. The van der Waals surface area contributed by atoms with Crippen molar-refractivity contribution in [3.05, 3.63) is 29.7 Å². The van der Waals surface area contributed by atoms with Gasteiger partial charge >= 0.3 is 0 Å². The number of aromatic nitrogens is 5. The number of hydrogen-bond donors (Lipinski definition) is 1. The molecule has 7 nitrogen and oxygen atoms in total. The Kier molecular flexibility index (Phi) is 3.29. The van der Waals surface area contributed by atoms with Crippen molar-refractivity contribution in [2.45, 2.75) is 25.7 Å². The number of piperidine rings is 1. The largest absolute Gasteiger partial charge is 0.353 e. The van der Waals surface area contributed by atoms with Gasteiger partial charge in [0.25, 0.3) is 0 Å². The van der Waals surface area contributed by atoms with E-state index in [1.54, 1.807) is 12.4 Å². The molecule has 2 aromatic rings. The average molecular weight is 269 g/mol. The summed E-state index contributed by atoms with van der Waals surface area (Å²) in [6.45, 7) is 3.55. The van der Waals surface area contributed by atoms with E-state index in [-0.39, 0.29) is 5.92 Å². The van der Waals surface area contributed by atoms with Crippen LogP contribution in [0.3, 0.4) is 0 Å². The Morgan fingerprint density at radius 1 is 1.40 bits per heavy atom. The van der Waals surface area contributed by atoms with Gasteiger partial charge < -0.3 is 4.90 Å². The first kappa shape index (κ1) is 12.5. The first-order valence-corrected chi connectivity index (χ1v) is 6.63. The van der Waals surface area contributed by atoms with Crippen molar-refractivity contribution in [1.82, 2.24) is 25.1 Å². The van der Waals surface area contributed by atoms with Gasteiger partial charge in [0, 0.05) is 31.4 Å². The van der Waals surface area contributed by atoms with Crippen molar-refractivity contribution in [3.63, 3.8) is 0 Å². The first-order valence-electron chi connectivity index (χ1n) is 6.63. The normalized spacial score (nSPS) is 18.8. The third kappa shape index (κ3) is 2.32. The molecule has 0 aromatic carbocycles. The minimum atomic E-state index is 0.266. The Morgan fingerprint density at radius 3 is 3.00 bits per heavy atom. The van der Waals surface area contributed by atoms with E-state index in [0.717, 1.165) is 37.6 Å². The molecule has 7 heteroatoms. The van der Waals surface area contributed by atoms with Gasteiger partial charge in [-0.1, -0.05) is 0 Å². The summed E-state index contributed by atoms with van der Waals surface area (Å²) in [5.41, 5.74) is 0.374. The van der Waals surface area contributed by atoms with Crippen LogP contribution in [-0.4, -0.2) is 38.2 Å². The monoisotopic (exact) mass is 269 g/mol. The van der Waals surface area contributed by atoms with Gasteiger partial charge in [0.15, 0.2) is 17.3 Å². The van der Waals surface area contributed by atoms with E-state index in [1.807, 2.05) is 6.92 Å². The molecule has 20 heavy (non-hydrogen) atoms. The molecular formula is C13H15N7. The molecule has 0 saturated carbocycles. The zero-order chi connectivity index (χ0) is 13.9. The van der Waals surface area contributed by atoms with Crippen LogP contribution >= 0.6 is 0 Å². The van der Waals surface area contributed by atoms with Gasteiger partial charge in [-0.2, -0.15) is 10.4 Å². The van der Waals surface area contributed by atoms with Crippen molar-refractivity contribution < 1.29 is 0 Å². The molecule has 1 atom stereocenters. The lowest BCUT2D eigenvalue weighted by molar-refractivity contribution is 0.489. The van der Waals surface area contributed by atoms with Gasteiger partial charge in [-0.15, -0.1) is 0 Å². The van der Waals surface area contributed by atoms with Crippen molar-refractivity contribution in [2.75, 3.05) is 18.0 Å². The third-order valence-electron chi connectivity index (χ3n) is 3.49. The highest BCUT2D eigenvalue weighted by atomic mass is 15.2. The molecule has 1 saturated heterocycles. The van der Waals surface area contributed by atoms with Gasteiger partial charge in [-0.05, 0) is 19.8 Å². The fourth-order valence-corrected chi connectivity index (χ4v) is 2.56. The molecule has 0 spiro atoms. The molecule has 0 amide bonds. The molecule has 1 aliphatic heterocycles. The van der Waals surface area contributed by atoms with E-state index in [9.17, 15) is 0 Å². The number of anilines is 1. The topological polar surface area (TPSA) is 94.4 Å². The summed E-state index contributed by atoms with van der Waals surface area (Å²) in [4.78, 5) is 14.9. The van der Waals surface area contributed by atoms with Crippen molar-refractivity contribution in [2.24, 2.45) is 0 Å². The first-order chi connectivity index (χ1) is 9.78. The van der Waals surface area contributed by atoms with Crippen LogP contribution in [0.5, 0.6) is 0 Å². The van der Waals surface area contributed by atoms with Gasteiger partial charge in [0.2, 0.25) is 0 Å². The number of rotatable bonds is 2. The summed E-state index contributed by atoms with van der Waals surface area (Å²) >= 11 is 0. The van der Waals surface area contributed by atoms with Crippen LogP contribution in [0.25, 0.3) is 0 Å². The molecular weight excluding hydrogens is 254 g/mol. The van der Waals surface area contributed by atoms with Crippen LogP contribution < -0.4 is 4.90 Å². The summed E-state index contributed by atoms with van der Waals surface area (Å²) in [5.74, 6) is 2.60. The van der Waals surface area contributed by atoms with E-state index in [1.165, 1.54) is 0 Å². The number of nitrogens with one attached hydrogen (secondary N) is 1. The number of H-pyrrole nitrogens is 1. The SMILES string of the molecule is Cc1nc(C2CCCN(c3nccnc3C#N)C2)n[nH]1. The van der Waals surface area contributed by atoms with Crippen LogP contribution in [0.4, 0.5) is 5.82 Å². The predicted molar refractivity (Wildman–Crippen MR) is 72.1 cm³/mol. The van der Waals surface area contributed by atoms with E-state index < -0.39 is 0 Å². The van der Waals surface area contributed by atoms with Crippen LogP contribution in [-0.2, 0) is 0 Å². The molecule has 1 aliphatic rings. The average Bonchev–Trinajstić information content (AvgIpc) is 2.94. The molecule has 0 radical (unpaired) electrons. The molecule has 0 bridgehead atoms. The Morgan fingerprint density at radius 2 is 2.25 bits per heavy atom. The fourth-order valence-electron chi connectivity index (χ4n) is 2.56. The number of nitriles is 1. The lowest BCUT2D eigenvalue weighted by Gasteiger charge is -2.32. The van der Waals surface area contributed by atoms with Crippen molar-refractivity contribution in [1.29, 1.82) is 5.26 Å². The van der Waals surface area contributed by atoms with Gasteiger partial charge in [0.05, 0.1) is 0 Å². The summed E-state index contributed by atoms with van der Waals surface area (Å²) in [7, 11) is 0. The molecule has 1 fully saturated rings. The highest BCUT2D eigenvalue weighted by molar-refractivity contribution is 5.50. The molecule has 1 N–H and O–H groups in total. The lowest BCUT2D eigenvalue weighted by Crippen LogP contribution is -2.36. The maximum Gasteiger partial charge on any atom is 0.183 e. The second-order valence-corrected chi connectivity index (χ2v) is 4.90. The quantitative estimate of drug-likeness (QED) is 0.879. The number of aromatic amines is 1. The molecule has 102 valence electrons. The van der Waals surface area contributed by atoms with E-state index in [2.05, 4.69) is 36.1 Å². The number of nitrogens with zero attached hydrogens (tertiary/aromatic N) is 6. The smallest absolute Gasteiger partial charge is 0.183 e. The van der Waals surface area contributed by atoms with Crippen LogP contribution in [0.2, 0.25) is 0 Å². The third-order valence-corrected chi connectivity index (χ3v) is 3.49. The molecule has 3 rings (SSSR count). The van der Waals surface area contributed by atoms with E-state index in [4.69, 9.17) is 5.26 Å². The predicted octanol–water partition coefficient (Wildman–Crippen LogP) is 1.16. The van der Waals surface area contributed by atoms with Crippen LogP contribution in [0.15, 0.2) is 12.4 Å². The Bertz CT molecular complexity index is 642. The second-order valence-electron chi connectivity index (χ2n) is 4.90. The molecule has 0 aliphatic carbocycles. The summed E-state index contributed by atoms with van der Waals surface area (Å²) in [6.07, 6.45) is 5.24. The fraction of sp³-hybridized carbons (Fsp3) is 0.462. The summed E-state index contributed by atoms with van der Waals surface area (Å²) in [5, 5.41) is 16.3. The Hall–Kier alpha value is -2.49. The highest BCUT2D eigenvalue weighted by Crippen LogP contribution is 2.28. The van der Waals surface area contributed by atoms with Crippen LogP contribution in [0.1, 0.15) is 36.1 Å². The maximum atomic E-state index is 9.13. The standard InChI is InChI=1S/C13H15N7/c1-9-17-12(19-18-9)10-3-2-6-20(8-10)13-11(7-14)15-4-5-16-13/h4-5,10H,2-3,6,8H2,1H3,(H,17,18,19). The minimum absolute atomic E-state index is 0.266. The number of aryl methyl sites for hydroxylation is 1. The van der Waals surface area contributed by atoms with E-state index >= 15 is 0 Å². The second kappa shape index (κ2) is 5.25. The minimum Gasteiger partial charge on any atom is -0.353 e. The Labute approximate surface area is 116 Å². The molecule has 1 unspecified atom stereocenters. The molecule has 3 heterocycles. The van der Waals surface area contributed by atoms with Gasteiger partial charge in [0.1, 0.15) is 11.9 Å². The highest BCUT2D eigenvalue weighted by Gasteiger charge is 2.26. The summed E-state index contributed by atoms with van der Waals surface area (Å²) in [6, 6.07) is 2.10. The van der Waals surface area contributed by atoms with Crippen LogP contribution in [0, 0.1) is 18.3 Å². The zero-order valence-electron chi connectivity index (χ0n) is 11.2. The number of hydrogen-bond acceptors (Lipinski definition) is 6. The Balaban J connectivity index is 1.83. The van der Waals surface area contributed by atoms with Crippen molar-refractivity contribution >= 4 is 5.82 Å². The van der Waals surface area contributed by atoms with E-state index in [0.29, 0.717) is 11.5 Å². The van der Waals surface area contributed by atoms with Gasteiger partial charge in [-0.3, -0.25) is 5.10 Å². The van der Waals surface area contributed by atoms with Crippen molar-refractivity contribution in [3.8, 4) is 6.07 Å². The summed E-state index contributed by atoms with van der Waals surface area (Å²) < 4.78 is 0. The maximum absolute atomic E-state index is 9.13.